The number of ether oxygens (including phenoxy) is 1. The van der Waals surface area contributed by atoms with Gasteiger partial charge in [-0.1, -0.05) is 96.4 Å². The third kappa shape index (κ3) is 5.45. The van der Waals surface area contributed by atoms with E-state index in [1.807, 2.05) is 6.07 Å². The van der Waals surface area contributed by atoms with Crippen molar-refractivity contribution in [3.63, 3.8) is 0 Å². The molecular weight excluding hydrogens is 440 g/mol. The SMILES string of the molecule is CCCCC(CC)CC12CC(CCCC)CCCc3ccc(c1c3)-c1ccc(C(=N)OC(C)=N)cc12. The molecule has 0 aliphatic heterocycles. The average molecular weight is 487 g/mol. The van der Waals surface area contributed by atoms with E-state index in [0.29, 0.717) is 5.92 Å². The molecule has 0 radical (unpaired) electrons. The number of aryl methyl sites for hydroxylation is 1. The molecule has 0 saturated carbocycles. The second-order valence-electron chi connectivity index (χ2n) is 11.4. The van der Waals surface area contributed by atoms with Gasteiger partial charge in [-0.05, 0) is 77.5 Å². The molecule has 0 aromatic heterocycles. The van der Waals surface area contributed by atoms with E-state index in [-0.39, 0.29) is 17.2 Å². The second-order valence-corrected chi connectivity index (χ2v) is 11.4. The predicted molar refractivity (Wildman–Crippen MR) is 152 cm³/mol. The van der Waals surface area contributed by atoms with Crippen LogP contribution in [0.2, 0.25) is 0 Å². The fourth-order valence-electron chi connectivity index (χ4n) is 6.94. The average Bonchev–Trinajstić information content (AvgIpc) is 3.14. The van der Waals surface area contributed by atoms with Gasteiger partial charge in [0.2, 0.25) is 5.90 Å². The Bertz CT molecular complexity index is 1090. The van der Waals surface area contributed by atoms with Crippen LogP contribution in [0.25, 0.3) is 11.1 Å². The molecule has 194 valence electrons. The lowest BCUT2D eigenvalue weighted by Crippen LogP contribution is -2.31. The zero-order valence-corrected chi connectivity index (χ0v) is 23.0. The Morgan fingerprint density at radius 2 is 1.72 bits per heavy atom. The highest BCUT2D eigenvalue weighted by Crippen LogP contribution is 2.57. The highest BCUT2D eigenvalue weighted by atomic mass is 16.5. The van der Waals surface area contributed by atoms with E-state index in [2.05, 4.69) is 51.1 Å². The normalized spacial score (nSPS) is 21.2. The molecule has 3 unspecified atom stereocenters. The number of rotatable bonds is 10. The lowest BCUT2D eigenvalue weighted by molar-refractivity contribution is 0.261. The molecule has 2 aliphatic rings. The number of fused-ring (bicyclic) bond motifs is 4. The summed E-state index contributed by atoms with van der Waals surface area (Å²) in [6.45, 7) is 8.59. The van der Waals surface area contributed by atoms with E-state index in [1.165, 1.54) is 99.3 Å². The van der Waals surface area contributed by atoms with Crippen LogP contribution in [-0.4, -0.2) is 11.8 Å². The summed E-state index contributed by atoms with van der Waals surface area (Å²) in [7, 11) is 0. The minimum absolute atomic E-state index is 0.00609. The second kappa shape index (κ2) is 11.8. The van der Waals surface area contributed by atoms with Crippen molar-refractivity contribution in [3.8, 4) is 11.1 Å². The van der Waals surface area contributed by atoms with Gasteiger partial charge >= 0.3 is 0 Å². The third-order valence-electron chi connectivity index (χ3n) is 8.80. The van der Waals surface area contributed by atoms with Crippen LogP contribution in [-0.2, 0) is 16.6 Å². The molecule has 0 spiro atoms. The minimum atomic E-state index is -0.00609. The van der Waals surface area contributed by atoms with E-state index < -0.39 is 0 Å². The van der Waals surface area contributed by atoms with Gasteiger partial charge in [0.25, 0.3) is 0 Å². The summed E-state index contributed by atoms with van der Waals surface area (Å²) >= 11 is 0. The van der Waals surface area contributed by atoms with E-state index >= 15 is 0 Å². The van der Waals surface area contributed by atoms with E-state index in [4.69, 9.17) is 15.6 Å². The first-order chi connectivity index (χ1) is 17.4. The zero-order valence-electron chi connectivity index (χ0n) is 23.0. The highest BCUT2D eigenvalue weighted by Gasteiger charge is 2.46. The van der Waals surface area contributed by atoms with Crippen molar-refractivity contribution in [2.24, 2.45) is 11.8 Å². The summed E-state index contributed by atoms with van der Waals surface area (Å²) in [4.78, 5) is 0. The molecule has 2 N–H and O–H groups in total. The number of hydrogen-bond acceptors (Lipinski definition) is 3. The summed E-state index contributed by atoms with van der Waals surface area (Å²) in [5.41, 5.74) is 7.96. The summed E-state index contributed by atoms with van der Waals surface area (Å²) in [5.74, 6) is 1.57. The van der Waals surface area contributed by atoms with Crippen molar-refractivity contribution in [1.29, 1.82) is 10.8 Å². The Morgan fingerprint density at radius 1 is 1.00 bits per heavy atom. The topological polar surface area (TPSA) is 56.9 Å². The molecule has 4 rings (SSSR count). The van der Waals surface area contributed by atoms with Gasteiger partial charge in [-0.25, -0.2) is 0 Å². The molecule has 0 amide bonds. The monoisotopic (exact) mass is 486 g/mol. The van der Waals surface area contributed by atoms with Gasteiger partial charge in [0.1, 0.15) is 0 Å². The molecule has 0 fully saturated rings. The Labute approximate surface area is 219 Å². The molecule has 36 heavy (non-hydrogen) atoms. The maximum Gasteiger partial charge on any atom is 0.220 e. The first-order valence-corrected chi connectivity index (χ1v) is 14.5. The Morgan fingerprint density at radius 3 is 2.42 bits per heavy atom. The van der Waals surface area contributed by atoms with Gasteiger partial charge in [0.05, 0.1) is 0 Å². The van der Waals surface area contributed by atoms with Crippen LogP contribution in [0.1, 0.15) is 121 Å². The molecule has 3 heteroatoms. The molecule has 2 aliphatic carbocycles. The van der Waals surface area contributed by atoms with E-state index in [1.54, 1.807) is 12.5 Å². The van der Waals surface area contributed by atoms with Gasteiger partial charge in [-0.3, -0.25) is 10.8 Å². The number of nitrogens with one attached hydrogen (secondary N) is 2. The first-order valence-electron chi connectivity index (χ1n) is 14.5. The Hall–Kier alpha value is -2.42. The number of hydrogen-bond donors (Lipinski definition) is 2. The van der Waals surface area contributed by atoms with Gasteiger partial charge in [0, 0.05) is 17.9 Å². The number of unbranched alkanes of at least 4 members (excludes halogenated alkanes) is 2. The molecule has 3 atom stereocenters. The van der Waals surface area contributed by atoms with Crippen molar-refractivity contribution >= 4 is 11.8 Å². The van der Waals surface area contributed by atoms with Crippen molar-refractivity contribution in [2.75, 3.05) is 0 Å². The predicted octanol–water partition coefficient (Wildman–Crippen LogP) is 9.43. The van der Waals surface area contributed by atoms with Crippen molar-refractivity contribution in [1.82, 2.24) is 0 Å². The summed E-state index contributed by atoms with van der Waals surface area (Å²) in [6.07, 6.45) is 15.1. The van der Waals surface area contributed by atoms with E-state index in [9.17, 15) is 0 Å². The molecule has 0 heterocycles. The molecule has 2 aromatic rings. The number of benzene rings is 2. The van der Waals surface area contributed by atoms with Gasteiger partial charge < -0.3 is 4.74 Å². The van der Waals surface area contributed by atoms with Crippen LogP contribution < -0.4 is 0 Å². The smallest absolute Gasteiger partial charge is 0.220 e. The molecular formula is C33H46N2O. The van der Waals surface area contributed by atoms with Crippen LogP contribution in [0.15, 0.2) is 36.4 Å². The third-order valence-corrected chi connectivity index (χ3v) is 8.80. The standard InChI is InChI=1S/C33H46N2O/c1-5-8-11-24(7-3)21-33-22-26(12-9-6-2)14-10-13-25-15-17-28(30(33)19-25)29-18-16-27(20-31(29)33)32(35)36-23(4)34/h15-20,24,26,34-35H,5-14,21-22H2,1-4H3. The lowest BCUT2D eigenvalue weighted by atomic mass is 9.65. The van der Waals surface area contributed by atoms with Crippen LogP contribution in [0, 0.1) is 22.7 Å². The van der Waals surface area contributed by atoms with Crippen molar-refractivity contribution < 1.29 is 4.74 Å². The van der Waals surface area contributed by atoms with Crippen LogP contribution in [0.5, 0.6) is 0 Å². The zero-order chi connectivity index (χ0) is 25.7. The minimum Gasteiger partial charge on any atom is -0.426 e. The summed E-state index contributed by atoms with van der Waals surface area (Å²) in [6, 6.07) is 13.8. The van der Waals surface area contributed by atoms with Crippen LogP contribution in [0.3, 0.4) is 0 Å². The Balaban J connectivity index is 1.89. The quantitative estimate of drug-likeness (QED) is 0.255. The highest BCUT2D eigenvalue weighted by molar-refractivity contribution is 5.99. The largest absolute Gasteiger partial charge is 0.426 e. The summed E-state index contributed by atoms with van der Waals surface area (Å²) < 4.78 is 5.45. The van der Waals surface area contributed by atoms with Gasteiger partial charge in [0.15, 0.2) is 5.90 Å². The maximum absolute atomic E-state index is 8.53. The van der Waals surface area contributed by atoms with Gasteiger partial charge in [-0.2, -0.15) is 0 Å². The molecule has 2 bridgehead atoms. The van der Waals surface area contributed by atoms with Crippen LogP contribution >= 0.6 is 0 Å². The van der Waals surface area contributed by atoms with Crippen molar-refractivity contribution in [3.05, 3.63) is 58.7 Å². The molecule has 3 nitrogen and oxygen atoms in total. The molecule has 0 saturated heterocycles. The Kier molecular flexibility index (Phi) is 8.70. The summed E-state index contributed by atoms with van der Waals surface area (Å²) in [5, 5.41) is 16.3. The van der Waals surface area contributed by atoms with Crippen LogP contribution in [0.4, 0.5) is 0 Å². The van der Waals surface area contributed by atoms with Gasteiger partial charge in [-0.15, -0.1) is 0 Å². The fraction of sp³-hybridized carbons (Fsp3) is 0.576. The van der Waals surface area contributed by atoms with Crippen molar-refractivity contribution in [2.45, 2.75) is 110 Å². The maximum atomic E-state index is 8.53. The van der Waals surface area contributed by atoms with E-state index in [0.717, 1.165) is 11.5 Å². The molecule has 2 aromatic carbocycles. The lowest BCUT2D eigenvalue weighted by Gasteiger charge is -2.38. The fourth-order valence-corrected chi connectivity index (χ4v) is 6.94. The first kappa shape index (κ1) is 26.6.